The Balaban J connectivity index is 1.98. The summed E-state index contributed by atoms with van der Waals surface area (Å²) >= 11 is 14.1. The molecule has 0 aromatic heterocycles. The fourth-order valence-electron chi connectivity index (χ4n) is 2.14. The van der Waals surface area contributed by atoms with Crippen molar-refractivity contribution in [1.29, 1.82) is 0 Å². The smallest absolute Gasteiger partial charge is 0.0453 e. The van der Waals surface area contributed by atoms with Crippen LogP contribution in [0, 0.1) is 0 Å². The third-order valence-corrected chi connectivity index (χ3v) is 4.93. The number of benzene rings is 2. The maximum atomic E-state index is 6.27. The molecule has 0 aliphatic rings. The van der Waals surface area contributed by atoms with Crippen LogP contribution < -0.4 is 5.32 Å². The third-order valence-electron chi connectivity index (χ3n) is 3.17. The van der Waals surface area contributed by atoms with Crippen molar-refractivity contribution in [3.63, 3.8) is 0 Å². The molecule has 2 aromatic carbocycles. The molecule has 1 nitrogen and oxygen atoms in total. The lowest BCUT2D eigenvalue weighted by Gasteiger charge is -2.18. The van der Waals surface area contributed by atoms with E-state index < -0.39 is 0 Å². The summed E-state index contributed by atoms with van der Waals surface area (Å²) in [4.78, 5) is 1.29. The first-order valence-electron chi connectivity index (χ1n) is 7.04. The van der Waals surface area contributed by atoms with E-state index in [1.165, 1.54) is 4.90 Å². The molecule has 0 amide bonds. The lowest BCUT2D eigenvalue weighted by Crippen LogP contribution is -2.33. The van der Waals surface area contributed by atoms with Gasteiger partial charge in [0.1, 0.15) is 0 Å². The van der Waals surface area contributed by atoms with Gasteiger partial charge in [0.15, 0.2) is 0 Å². The average Bonchev–Trinajstić information content (AvgIpc) is 2.49. The highest BCUT2D eigenvalue weighted by Gasteiger charge is 2.11. The highest BCUT2D eigenvalue weighted by Crippen LogP contribution is 2.24. The Labute approximate surface area is 141 Å². The lowest BCUT2D eigenvalue weighted by atomic mass is 10.1. The summed E-state index contributed by atoms with van der Waals surface area (Å²) in [7, 11) is 0. The monoisotopic (exact) mass is 339 g/mol. The summed E-state index contributed by atoms with van der Waals surface area (Å²) in [6, 6.07) is 16.6. The standard InChI is InChI=1S/C17H19Cl2NS/c1-2-20-15(12-21-16-6-4-3-5-7-16)10-13-8-9-14(18)11-17(13)19/h3-9,11,15,20H,2,10,12H2,1H3. The fraction of sp³-hybridized carbons (Fsp3) is 0.294. The Morgan fingerprint density at radius 3 is 2.52 bits per heavy atom. The van der Waals surface area contributed by atoms with Crippen molar-refractivity contribution in [3.8, 4) is 0 Å². The topological polar surface area (TPSA) is 12.0 Å². The molecule has 0 spiro atoms. The van der Waals surface area contributed by atoms with Gasteiger partial charge in [-0.1, -0.05) is 54.4 Å². The highest BCUT2D eigenvalue weighted by molar-refractivity contribution is 7.99. The van der Waals surface area contributed by atoms with Gasteiger partial charge >= 0.3 is 0 Å². The summed E-state index contributed by atoms with van der Waals surface area (Å²) in [5, 5.41) is 4.96. The second-order valence-electron chi connectivity index (χ2n) is 4.82. The van der Waals surface area contributed by atoms with Crippen molar-refractivity contribution in [2.75, 3.05) is 12.3 Å². The molecule has 21 heavy (non-hydrogen) atoms. The minimum atomic E-state index is 0.388. The van der Waals surface area contributed by atoms with Gasteiger partial charge in [-0.25, -0.2) is 0 Å². The molecule has 0 fully saturated rings. The molecular weight excluding hydrogens is 321 g/mol. The van der Waals surface area contributed by atoms with Gasteiger partial charge in [0.2, 0.25) is 0 Å². The second kappa shape index (κ2) is 8.70. The summed E-state index contributed by atoms with van der Waals surface area (Å²) in [5.74, 6) is 1.01. The number of rotatable bonds is 7. The van der Waals surface area contributed by atoms with Crippen LogP contribution in [0.25, 0.3) is 0 Å². The third kappa shape index (κ3) is 5.55. The molecule has 1 N–H and O–H groups in total. The van der Waals surface area contributed by atoms with Crippen LogP contribution >= 0.6 is 35.0 Å². The van der Waals surface area contributed by atoms with Crippen LogP contribution in [0.1, 0.15) is 12.5 Å². The van der Waals surface area contributed by atoms with Crippen LogP contribution in [0.4, 0.5) is 0 Å². The maximum Gasteiger partial charge on any atom is 0.0453 e. The van der Waals surface area contributed by atoms with E-state index in [2.05, 4.69) is 36.5 Å². The molecule has 0 heterocycles. The Kier molecular flexibility index (Phi) is 6.91. The van der Waals surface area contributed by atoms with Gasteiger partial charge in [0.25, 0.3) is 0 Å². The van der Waals surface area contributed by atoms with Crippen LogP contribution in [0.5, 0.6) is 0 Å². The van der Waals surface area contributed by atoms with E-state index in [9.17, 15) is 0 Å². The SMILES string of the molecule is CCNC(CSc1ccccc1)Cc1ccc(Cl)cc1Cl. The molecule has 0 aliphatic heterocycles. The van der Waals surface area contributed by atoms with Gasteiger partial charge in [-0.2, -0.15) is 0 Å². The number of nitrogens with one attached hydrogen (secondary N) is 1. The Morgan fingerprint density at radius 2 is 1.86 bits per heavy atom. The van der Waals surface area contributed by atoms with Crippen LogP contribution in [-0.2, 0) is 6.42 Å². The van der Waals surface area contributed by atoms with E-state index in [1.54, 1.807) is 0 Å². The van der Waals surface area contributed by atoms with Crippen LogP contribution in [0.2, 0.25) is 10.0 Å². The van der Waals surface area contributed by atoms with Gasteiger partial charge in [-0.3, -0.25) is 0 Å². The molecule has 1 atom stereocenters. The minimum absolute atomic E-state index is 0.388. The van der Waals surface area contributed by atoms with E-state index in [0.29, 0.717) is 11.1 Å². The number of halogens is 2. The first-order valence-corrected chi connectivity index (χ1v) is 8.78. The number of likely N-dealkylation sites (N-methyl/N-ethyl adjacent to an activating group) is 1. The van der Waals surface area contributed by atoms with E-state index in [1.807, 2.05) is 36.0 Å². The van der Waals surface area contributed by atoms with Gasteiger partial charge in [0, 0.05) is 26.7 Å². The first kappa shape index (κ1) is 16.7. The summed E-state index contributed by atoms with van der Waals surface area (Å²) in [6.07, 6.45) is 0.906. The van der Waals surface area contributed by atoms with Crippen molar-refractivity contribution in [2.45, 2.75) is 24.3 Å². The first-order chi connectivity index (χ1) is 10.2. The zero-order chi connectivity index (χ0) is 15.1. The van der Waals surface area contributed by atoms with Gasteiger partial charge in [-0.15, -0.1) is 11.8 Å². The molecule has 2 rings (SSSR count). The van der Waals surface area contributed by atoms with E-state index in [0.717, 1.165) is 29.3 Å². The highest BCUT2D eigenvalue weighted by atomic mass is 35.5. The van der Waals surface area contributed by atoms with Crippen molar-refractivity contribution >= 4 is 35.0 Å². The Hall–Kier alpha value is -0.670. The second-order valence-corrected chi connectivity index (χ2v) is 6.76. The molecular formula is C17H19Cl2NS. The number of hydrogen-bond donors (Lipinski definition) is 1. The lowest BCUT2D eigenvalue weighted by molar-refractivity contribution is 0.573. The van der Waals surface area contributed by atoms with Crippen molar-refractivity contribution in [2.24, 2.45) is 0 Å². The summed E-state index contributed by atoms with van der Waals surface area (Å²) < 4.78 is 0. The van der Waals surface area contributed by atoms with Gasteiger partial charge in [-0.05, 0) is 42.8 Å². The van der Waals surface area contributed by atoms with Crippen molar-refractivity contribution in [3.05, 3.63) is 64.1 Å². The van der Waals surface area contributed by atoms with Crippen LogP contribution in [0.15, 0.2) is 53.4 Å². The molecule has 4 heteroatoms. The predicted octanol–water partition coefficient (Wildman–Crippen LogP) is 5.31. The molecule has 0 bridgehead atoms. The summed E-state index contributed by atoms with van der Waals surface area (Å²) in [6.45, 7) is 3.08. The van der Waals surface area contributed by atoms with Crippen LogP contribution in [0.3, 0.4) is 0 Å². The summed E-state index contributed by atoms with van der Waals surface area (Å²) in [5.41, 5.74) is 1.14. The normalized spacial score (nSPS) is 12.3. The molecule has 0 radical (unpaired) electrons. The Bertz CT molecular complexity index is 560. The molecule has 112 valence electrons. The van der Waals surface area contributed by atoms with Crippen molar-refractivity contribution in [1.82, 2.24) is 5.32 Å². The predicted molar refractivity (Wildman–Crippen MR) is 94.8 cm³/mol. The largest absolute Gasteiger partial charge is 0.313 e. The zero-order valence-corrected chi connectivity index (χ0v) is 14.3. The van der Waals surface area contributed by atoms with Gasteiger partial charge in [0.05, 0.1) is 0 Å². The molecule has 1 unspecified atom stereocenters. The maximum absolute atomic E-state index is 6.27. The Morgan fingerprint density at radius 1 is 1.10 bits per heavy atom. The number of hydrogen-bond acceptors (Lipinski definition) is 2. The molecule has 0 saturated carbocycles. The minimum Gasteiger partial charge on any atom is -0.313 e. The van der Waals surface area contributed by atoms with E-state index in [-0.39, 0.29) is 0 Å². The van der Waals surface area contributed by atoms with Crippen LogP contribution in [-0.4, -0.2) is 18.3 Å². The fourth-order valence-corrected chi connectivity index (χ4v) is 3.61. The number of thioether (sulfide) groups is 1. The van der Waals surface area contributed by atoms with E-state index in [4.69, 9.17) is 23.2 Å². The zero-order valence-electron chi connectivity index (χ0n) is 12.0. The van der Waals surface area contributed by atoms with E-state index >= 15 is 0 Å². The quantitative estimate of drug-likeness (QED) is 0.686. The molecule has 0 saturated heterocycles. The molecule has 2 aromatic rings. The van der Waals surface area contributed by atoms with Crippen molar-refractivity contribution < 1.29 is 0 Å². The average molecular weight is 340 g/mol. The van der Waals surface area contributed by atoms with Gasteiger partial charge < -0.3 is 5.32 Å². The molecule has 0 aliphatic carbocycles.